The molecule has 0 spiro atoms. The number of anilines is 1. The minimum absolute atomic E-state index is 0.157. The molecule has 0 atom stereocenters. The molecule has 6 heteroatoms. The van der Waals surface area contributed by atoms with E-state index < -0.39 is 0 Å². The average Bonchev–Trinajstić information content (AvgIpc) is 3.09. The number of nitrogens with zero attached hydrogens (tertiary/aromatic N) is 3. The van der Waals surface area contributed by atoms with Crippen LogP contribution in [0.1, 0.15) is 10.5 Å². The second kappa shape index (κ2) is 5.57. The number of halogens is 1. The molecule has 0 fully saturated rings. The molecule has 3 aromatic rings. The van der Waals surface area contributed by atoms with Crippen molar-refractivity contribution in [2.24, 2.45) is 7.05 Å². The second-order valence-electron chi connectivity index (χ2n) is 4.60. The number of aryl methyl sites for hydroxylation is 1. The lowest BCUT2D eigenvalue weighted by Gasteiger charge is -2.11. The Kier molecular flexibility index (Phi) is 3.62. The fourth-order valence-electron chi connectivity index (χ4n) is 2.14. The van der Waals surface area contributed by atoms with Crippen molar-refractivity contribution >= 4 is 27.5 Å². The highest BCUT2D eigenvalue weighted by Gasteiger charge is 2.13. The Morgan fingerprint density at radius 1 is 1.33 bits per heavy atom. The number of amides is 1. The quantitative estimate of drug-likeness (QED) is 0.792. The molecule has 106 valence electrons. The molecule has 0 radical (unpaired) electrons. The molecular weight excluding hydrogens is 332 g/mol. The van der Waals surface area contributed by atoms with E-state index in [-0.39, 0.29) is 5.91 Å². The lowest BCUT2D eigenvalue weighted by molar-refractivity contribution is 0.101. The zero-order chi connectivity index (χ0) is 14.8. The first kappa shape index (κ1) is 13.6. The van der Waals surface area contributed by atoms with Gasteiger partial charge in [0.1, 0.15) is 5.69 Å². The van der Waals surface area contributed by atoms with Gasteiger partial charge in [-0.1, -0.05) is 12.1 Å². The third kappa shape index (κ3) is 2.75. The Morgan fingerprint density at radius 2 is 2.14 bits per heavy atom. The molecule has 0 aliphatic rings. The van der Waals surface area contributed by atoms with E-state index >= 15 is 0 Å². The fraction of sp³-hybridized carbons (Fsp3) is 0.0667. The summed E-state index contributed by atoms with van der Waals surface area (Å²) in [5.41, 5.74) is 2.19. The summed E-state index contributed by atoms with van der Waals surface area (Å²) in [6.07, 6.45) is 7.08. The highest BCUT2D eigenvalue weighted by atomic mass is 79.9. The molecule has 0 aliphatic carbocycles. The Balaban J connectivity index is 1.92. The summed E-state index contributed by atoms with van der Waals surface area (Å²) in [5, 5.41) is 2.94. The minimum atomic E-state index is -0.157. The fourth-order valence-corrected chi connectivity index (χ4v) is 2.67. The third-order valence-electron chi connectivity index (χ3n) is 3.14. The molecule has 0 unspecified atom stereocenters. The van der Waals surface area contributed by atoms with Crippen LogP contribution < -0.4 is 5.32 Å². The van der Waals surface area contributed by atoms with Crippen molar-refractivity contribution in [2.75, 3.05) is 5.32 Å². The van der Waals surface area contributed by atoms with Gasteiger partial charge in [0.25, 0.3) is 5.91 Å². The number of carbonyl (C=O) groups excluding carboxylic acids is 1. The topological polar surface area (TPSA) is 51.9 Å². The molecular formula is C15H13BrN4O. The van der Waals surface area contributed by atoms with Crippen LogP contribution in [0.3, 0.4) is 0 Å². The van der Waals surface area contributed by atoms with Crippen LogP contribution in [-0.4, -0.2) is 20.0 Å². The van der Waals surface area contributed by atoms with E-state index in [0.717, 1.165) is 15.8 Å². The first-order valence-electron chi connectivity index (χ1n) is 6.36. The van der Waals surface area contributed by atoms with Crippen LogP contribution in [0, 0.1) is 0 Å². The summed E-state index contributed by atoms with van der Waals surface area (Å²) in [6.45, 7) is 0. The standard InChI is InChI=1S/C15H13BrN4O/c1-19-9-11(16)8-14(19)15(21)18-12-4-2-3-5-13(12)20-7-6-17-10-20/h2-10H,1H3,(H,18,21). The van der Waals surface area contributed by atoms with Crippen molar-refractivity contribution in [1.29, 1.82) is 0 Å². The molecule has 0 saturated heterocycles. The number of aromatic nitrogens is 3. The van der Waals surface area contributed by atoms with Crippen molar-refractivity contribution in [3.05, 3.63) is 65.4 Å². The maximum absolute atomic E-state index is 12.4. The van der Waals surface area contributed by atoms with Crippen molar-refractivity contribution in [3.63, 3.8) is 0 Å². The molecule has 1 amide bonds. The summed E-state index contributed by atoms with van der Waals surface area (Å²) < 4.78 is 4.51. The Bertz CT molecular complexity index is 777. The third-order valence-corrected chi connectivity index (χ3v) is 3.57. The smallest absolute Gasteiger partial charge is 0.272 e. The second-order valence-corrected chi connectivity index (χ2v) is 5.51. The summed E-state index contributed by atoms with van der Waals surface area (Å²) in [7, 11) is 1.83. The number of hydrogen-bond donors (Lipinski definition) is 1. The lowest BCUT2D eigenvalue weighted by atomic mass is 10.2. The molecule has 2 heterocycles. The Morgan fingerprint density at radius 3 is 2.81 bits per heavy atom. The van der Waals surface area contributed by atoms with Crippen LogP contribution in [0.4, 0.5) is 5.69 Å². The summed E-state index contributed by atoms with van der Waals surface area (Å²) >= 11 is 3.37. The summed E-state index contributed by atoms with van der Waals surface area (Å²) in [5.74, 6) is -0.157. The van der Waals surface area contributed by atoms with Gasteiger partial charge in [0.2, 0.25) is 0 Å². The predicted molar refractivity (Wildman–Crippen MR) is 84.6 cm³/mol. The van der Waals surface area contributed by atoms with Gasteiger partial charge in [0.05, 0.1) is 17.7 Å². The summed E-state index contributed by atoms with van der Waals surface area (Å²) in [6, 6.07) is 9.39. The van der Waals surface area contributed by atoms with Gasteiger partial charge >= 0.3 is 0 Å². The van der Waals surface area contributed by atoms with Crippen LogP contribution in [0.25, 0.3) is 5.69 Å². The van der Waals surface area contributed by atoms with Crippen molar-refractivity contribution in [2.45, 2.75) is 0 Å². The molecule has 21 heavy (non-hydrogen) atoms. The lowest BCUT2D eigenvalue weighted by Crippen LogP contribution is -2.16. The SMILES string of the molecule is Cn1cc(Br)cc1C(=O)Nc1ccccc1-n1ccnc1. The van der Waals surface area contributed by atoms with Crippen LogP contribution in [0.2, 0.25) is 0 Å². The molecule has 1 N–H and O–H groups in total. The van der Waals surface area contributed by atoms with E-state index in [1.807, 2.05) is 48.3 Å². The van der Waals surface area contributed by atoms with Crippen LogP contribution in [0.15, 0.2) is 59.7 Å². The predicted octanol–water partition coefficient (Wildman–Crippen LogP) is 3.23. The van der Waals surface area contributed by atoms with Crippen molar-refractivity contribution in [1.82, 2.24) is 14.1 Å². The van der Waals surface area contributed by atoms with Crippen LogP contribution in [-0.2, 0) is 7.05 Å². The largest absolute Gasteiger partial charge is 0.345 e. The van der Waals surface area contributed by atoms with Gasteiger partial charge in [0.15, 0.2) is 0 Å². The van der Waals surface area contributed by atoms with E-state index in [4.69, 9.17) is 0 Å². The molecule has 2 aromatic heterocycles. The van der Waals surface area contributed by atoms with E-state index in [9.17, 15) is 4.79 Å². The summed E-state index contributed by atoms with van der Waals surface area (Å²) in [4.78, 5) is 16.4. The molecule has 0 saturated carbocycles. The average molecular weight is 345 g/mol. The molecule has 5 nitrogen and oxygen atoms in total. The Labute approximate surface area is 130 Å². The van der Waals surface area contributed by atoms with E-state index in [0.29, 0.717) is 5.69 Å². The maximum atomic E-state index is 12.4. The van der Waals surface area contributed by atoms with Gasteiger partial charge in [-0.2, -0.15) is 0 Å². The van der Waals surface area contributed by atoms with E-state index in [2.05, 4.69) is 26.2 Å². The van der Waals surface area contributed by atoms with E-state index in [1.54, 1.807) is 23.2 Å². The molecule has 3 rings (SSSR count). The molecule has 0 bridgehead atoms. The van der Waals surface area contributed by atoms with Crippen molar-refractivity contribution in [3.8, 4) is 5.69 Å². The number of imidazole rings is 1. The maximum Gasteiger partial charge on any atom is 0.272 e. The monoisotopic (exact) mass is 344 g/mol. The minimum Gasteiger partial charge on any atom is -0.345 e. The number of nitrogens with one attached hydrogen (secondary N) is 1. The van der Waals surface area contributed by atoms with Crippen LogP contribution in [0.5, 0.6) is 0 Å². The highest BCUT2D eigenvalue weighted by molar-refractivity contribution is 9.10. The number of rotatable bonds is 3. The molecule has 0 aliphatic heterocycles. The zero-order valence-electron chi connectivity index (χ0n) is 11.3. The van der Waals surface area contributed by atoms with Gasteiger partial charge in [-0.25, -0.2) is 4.98 Å². The first-order chi connectivity index (χ1) is 10.1. The van der Waals surface area contributed by atoms with Gasteiger partial charge in [-0.3, -0.25) is 4.79 Å². The van der Waals surface area contributed by atoms with Crippen LogP contribution >= 0.6 is 15.9 Å². The van der Waals surface area contributed by atoms with Crippen molar-refractivity contribution < 1.29 is 4.79 Å². The zero-order valence-corrected chi connectivity index (χ0v) is 12.9. The highest BCUT2D eigenvalue weighted by Crippen LogP contribution is 2.21. The van der Waals surface area contributed by atoms with Gasteiger partial charge in [-0.05, 0) is 34.1 Å². The number of carbonyl (C=O) groups is 1. The number of para-hydroxylation sites is 2. The van der Waals surface area contributed by atoms with Gasteiger partial charge in [0, 0.05) is 30.1 Å². The Hall–Kier alpha value is -2.34. The normalized spacial score (nSPS) is 10.6. The number of benzene rings is 1. The van der Waals surface area contributed by atoms with E-state index in [1.165, 1.54) is 0 Å². The van der Waals surface area contributed by atoms with Gasteiger partial charge in [-0.15, -0.1) is 0 Å². The number of hydrogen-bond acceptors (Lipinski definition) is 2. The molecule has 1 aromatic carbocycles. The first-order valence-corrected chi connectivity index (χ1v) is 7.15. The van der Waals surface area contributed by atoms with Gasteiger partial charge < -0.3 is 14.5 Å².